The van der Waals surface area contributed by atoms with E-state index in [9.17, 15) is 4.79 Å². The van der Waals surface area contributed by atoms with Crippen molar-refractivity contribution >= 4 is 17.7 Å². The van der Waals surface area contributed by atoms with Gasteiger partial charge in [0.25, 0.3) is 0 Å². The van der Waals surface area contributed by atoms with E-state index in [2.05, 4.69) is 44.5 Å². The lowest BCUT2D eigenvalue weighted by atomic mass is 10.1. The summed E-state index contributed by atoms with van der Waals surface area (Å²) < 4.78 is 5.08. The SMILES string of the molecule is CCOC(=O)N1CCN(c2cc(NCCCc3ccccc3)nc(C)n2)CC1. The van der Waals surface area contributed by atoms with Crippen LogP contribution in [0.15, 0.2) is 36.4 Å². The van der Waals surface area contributed by atoms with Crippen LogP contribution in [0.4, 0.5) is 16.4 Å². The van der Waals surface area contributed by atoms with Gasteiger partial charge in [0, 0.05) is 38.8 Å². The molecule has 0 saturated carbocycles. The summed E-state index contributed by atoms with van der Waals surface area (Å²) in [5.41, 5.74) is 1.35. The predicted octanol–water partition coefficient (Wildman–Crippen LogP) is 3.11. The van der Waals surface area contributed by atoms with E-state index in [1.807, 2.05) is 26.0 Å². The van der Waals surface area contributed by atoms with E-state index in [0.29, 0.717) is 19.7 Å². The van der Waals surface area contributed by atoms with Crippen LogP contribution in [0.2, 0.25) is 0 Å². The summed E-state index contributed by atoms with van der Waals surface area (Å²) in [5, 5.41) is 3.42. The molecule has 1 aliphatic heterocycles. The number of hydrogen-bond donors (Lipinski definition) is 1. The average molecular weight is 383 g/mol. The Balaban J connectivity index is 1.51. The van der Waals surface area contributed by atoms with Crippen LogP contribution < -0.4 is 10.2 Å². The Labute approximate surface area is 166 Å². The summed E-state index contributed by atoms with van der Waals surface area (Å²) >= 11 is 0. The zero-order valence-corrected chi connectivity index (χ0v) is 16.7. The van der Waals surface area contributed by atoms with Gasteiger partial charge in [-0.25, -0.2) is 14.8 Å². The molecule has 0 aliphatic carbocycles. The van der Waals surface area contributed by atoms with E-state index < -0.39 is 0 Å². The number of nitrogens with zero attached hydrogens (tertiary/aromatic N) is 4. The van der Waals surface area contributed by atoms with Crippen molar-refractivity contribution in [2.75, 3.05) is 49.5 Å². The second kappa shape index (κ2) is 9.92. The molecule has 1 fully saturated rings. The van der Waals surface area contributed by atoms with Gasteiger partial charge in [-0.05, 0) is 32.3 Å². The molecule has 7 heteroatoms. The van der Waals surface area contributed by atoms with Gasteiger partial charge in [-0.3, -0.25) is 0 Å². The molecule has 1 amide bonds. The highest BCUT2D eigenvalue weighted by molar-refractivity contribution is 5.68. The molecule has 0 spiro atoms. The van der Waals surface area contributed by atoms with Gasteiger partial charge in [-0.1, -0.05) is 30.3 Å². The number of aromatic nitrogens is 2. The van der Waals surface area contributed by atoms with Gasteiger partial charge in [0.1, 0.15) is 17.5 Å². The zero-order chi connectivity index (χ0) is 19.8. The fraction of sp³-hybridized carbons (Fsp3) is 0.476. The minimum atomic E-state index is -0.234. The Hall–Kier alpha value is -2.83. The molecule has 0 atom stereocenters. The molecule has 7 nitrogen and oxygen atoms in total. The molecule has 0 unspecified atom stereocenters. The monoisotopic (exact) mass is 383 g/mol. The van der Waals surface area contributed by atoms with Crippen molar-refractivity contribution in [2.45, 2.75) is 26.7 Å². The van der Waals surface area contributed by atoms with Crippen molar-refractivity contribution in [3.8, 4) is 0 Å². The smallest absolute Gasteiger partial charge is 0.409 e. The third-order valence-electron chi connectivity index (χ3n) is 4.75. The molecule has 28 heavy (non-hydrogen) atoms. The summed E-state index contributed by atoms with van der Waals surface area (Å²) in [6.45, 7) is 7.76. The Morgan fingerprint density at radius 1 is 1.14 bits per heavy atom. The maximum atomic E-state index is 11.8. The lowest BCUT2D eigenvalue weighted by molar-refractivity contribution is 0.105. The van der Waals surface area contributed by atoms with Gasteiger partial charge in [0.2, 0.25) is 0 Å². The molecular weight excluding hydrogens is 354 g/mol. The number of aryl methyl sites for hydroxylation is 2. The van der Waals surface area contributed by atoms with E-state index in [1.165, 1.54) is 5.56 Å². The Kier molecular flexibility index (Phi) is 7.06. The van der Waals surface area contributed by atoms with Crippen LogP contribution in [0.1, 0.15) is 24.7 Å². The fourth-order valence-electron chi connectivity index (χ4n) is 3.29. The molecule has 2 aromatic rings. The summed E-state index contributed by atoms with van der Waals surface area (Å²) in [6, 6.07) is 12.5. The van der Waals surface area contributed by atoms with Crippen molar-refractivity contribution in [3.63, 3.8) is 0 Å². The highest BCUT2D eigenvalue weighted by atomic mass is 16.6. The van der Waals surface area contributed by atoms with Crippen LogP contribution in [0.5, 0.6) is 0 Å². The van der Waals surface area contributed by atoms with E-state index in [1.54, 1.807) is 4.90 Å². The van der Waals surface area contributed by atoms with Crippen LogP contribution in [-0.4, -0.2) is 60.3 Å². The maximum absolute atomic E-state index is 11.8. The Morgan fingerprint density at radius 3 is 2.61 bits per heavy atom. The van der Waals surface area contributed by atoms with E-state index in [0.717, 1.165) is 49.9 Å². The zero-order valence-electron chi connectivity index (χ0n) is 16.7. The van der Waals surface area contributed by atoms with E-state index in [4.69, 9.17) is 4.74 Å². The highest BCUT2D eigenvalue weighted by Gasteiger charge is 2.23. The van der Waals surface area contributed by atoms with Crippen LogP contribution in [0.3, 0.4) is 0 Å². The number of hydrogen-bond acceptors (Lipinski definition) is 6. The van der Waals surface area contributed by atoms with Crippen LogP contribution in [0.25, 0.3) is 0 Å². The molecule has 0 radical (unpaired) electrons. The number of rotatable bonds is 7. The van der Waals surface area contributed by atoms with Crippen molar-refractivity contribution in [1.82, 2.24) is 14.9 Å². The molecule has 3 rings (SSSR count). The van der Waals surface area contributed by atoms with Crippen molar-refractivity contribution < 1.29 is 9.53 Å². The van der Waals surface area contributed by atoms with Gasteiger partial charge < -0.3 is 19.9 Å². The number of nitrogens with one attached hydrogen (secondary N) is 1. The van der Waals surface area contributed by atoms with Crippen LogP contribution in [-0.2, 0) is 11.2 Å². The minimum Gasteiger partial charge on any atom is -0.450 e. The first-order valence-corrected chi connectivity index (χ1v) is 9.96. The average Bonchev–Trinajstić information content (AvgIpc) is 2.72. The third-order valence-corrected chi connectivity index (χ3v) is 4.75. The lowest BCUT2D eigenvalue weighted by Gasteiger charge is -2.34. The molecule has 1 aromatic carbocycles. The first-order valence-electron chi connectivity index (χ1n) is 9.96. The van der Waals surface area contributed by atoms with E-state index in [-0.39, 0.29) is 6.09 Å². The number of ether oxygens (including phenoxy) is 1. The largest absolute Gasteiger partial charge is 0.450 e. The summed E-state index contributed by atoms with van der Waals surface area (Å²) in [5.74, 6) is 2.50. The second-order valence-electron chi connectivity index (χ2n) is 6.85. The molecule has 1 N–H and O–H groups in total. The Bertz CT molecular complexity index is 761. The number of benzene rings is 1. The van der Waals surface area contributed by atoms with E-state index >= 15 is 0 Å². The maximum Gasteiger partial charge on any atom is 0.409 e. The van der Waals surface area contributed by atoms with Crippen LogP contribution >= 0.6 is 0 Å². The standard InChI is InChI=1S/C21H29N5O2/c1-3-28-21(27)26-14-12-25(13-15-26)20-16-19(23-17(2)24-20)22-11-7-10-18-8-5-4-6-9-18/h4-6,8-9,16H,3,7,10-15H2,1-2H3,(H,22,23,24). The number of carbonyl (C=O) groups is 1. The molecule has 1 aliphatic rings. The van der Waals surface area contributed by atoms with Gasteiger partial charge in [-0.2, -0.15) is 0 Å². The molecule has 1 saturated heterocycles. The molecule has 1 aromatic heterocycles. The first kappa shape index (κ1) is 19.9. The molecule has 150 valence electrons. The van der Waals surface area contributed by atoms with Crippen molar-refractivity contribution in [1.29, 1.82) is 0 Å². The number of piperazine rings is 1. The number of anilines is 2. The van der Waals surface area contributed by atoms with Crippen molar-refractivity contribution in [3.05, 3.63) is 47.8 Å². The lowest BCUT2D eigenvalue weighted by Crippen LogP contribution is -2.49. The molecule has 0 bridgehead atoms. The summed E-state index contributed by atoms with van der Waals surface area (Å²) in [4.78, 5) is 24.9. The van der Waals surface area contributed by atoms with Gasteiger partial charge >= 0.3 is 6.09 Å². The Morgan fingerprint density at radius 2 is 1.89 bits per heavy atom. The molecular formula is C21H29N5O2. The fourth-order valence-corrected chi connectivity index (χ4v) is 3.29. The highest BCUT2D eigenvalue weighted by Crippen LogP contribution is 2.18. The summed E-state index contributed by atoms with van der Waals surface area (Å²) in [7, 11) is 0. The minimum absolute atomic E-state index is 0.234. The number of amides is 1. The first-order chi connectivity index (χ1) is 13.7. The van der Waals surface area contributed by atoms with Gasteiger partial charge in [-0.15, -0.1) is 0 Å². The topological polar surface area (TPSA) is 70.6 Å². The quantitative estimate of drug-likeness (QED) is 0.741. The molecule has 2 heterocycles. The second-order valence-corrected chi connectivity index (χ2v) is 6.85. The number of carbonyl (C=O) groups excluding carboxylic acids is 1. The van der Waals surface area contributed by atoms with Crippen LogP contribution in [0, 0.1) is 6.92 Å². The summed E-state index contributed by atoms with van der Waals surface area (Å²) in [6.07, 6.45) is 1.85. The third kappa shape index (κ3) is 5.58. The van der Waals surface area contributed by atoms with Gasteiger partial charge in [0.05, 0.1) is 6.61 Å². The predicted molar refractivity (Wildman–Crippen MR) is 111 cm³/mol. The normalized spacial score (nSPS) is 14.1. The van der Waals surface area contributed by atoms with Crippen molar-refractivity contribution in [2.24, 2.45) is 0 Å². The van der Waals surface area contributed by atoms with Gasteiger partial charge in [0.15, 0.2) is 0 Å².